The third-order valence-corrected chi connectivity index (χ3v) is 21.1. The van der Waals surface area contributed by atoms with E-state index in [2.05, 4.69) is 36.1 Å². The zero-order valence-corrected chi connectivity index (χ0v) is 67.5. The first kappa shape index (κ1) is 98.2. The fourth-order valence-electron chi connectivity index (χ4n) is 14.0. The molecule has 0 amide bonds. The summed E-state index contributed by atoms with van der Waals surface area (Å²) in [4.78, 5) is 0. The fourth-order valence-corrected chi connectivity index (χ4v) is 14.7. The van der Waals surface area contributed by atoms with Gasteiger partial charge in [0, 0.05) is 0 Å². The van der Waals surface area contributed by atoms with E-state index in [9.17, 15) is 25.9 Å². The van der Waals surface area contributed by atoms with Crippen LogP contribution in [-0.2, 0) is 29.2 Å². The minimum Gasteiger partial charge on any atom is -0.726 e. The molecule has 0 bridgehead atoms. The molecule has 0 aromatic rings. The molecule has 0 rings (SSSR count). The van der Waals surface area contributed by atoms with Crippen LogP contribution in [-0.4, -0.2) is 76.9 Å². The van der Waals surface area contributed by atoms with E-state index in [-0.39, 0.29) is 62.8 Å². The van der Waals surface area contributed by atoms with Crippen molar-refractivity contribution in [2.75, 3.05) is 13.2 Å². The van der Waals surface area contributed by atoms with Gasteiger partial charge in [0.05, 0.1) is 13.2 Å². The van der Waals surface area contributed by atoms with Gasteiger partial charge >= 0.3 is 37.7 Å². The zero-order chi connectivity index (χ0) is 67.3. The maximum Gasteiger partial charge on any atom is 2.00 e. The largest absolute Gasteiger partial charge is 2.00 e. The normalized spacial score (nSPS) is 12.5. The molecule has 0 saturated carbocycles. The Labute approximate surface area is 615 Å². The Morgan fingerprint density at radius 1 is 0.194 bits per heavy atom. The van der Waals surface area contributed by atoms with Crippen molar-refractivity contribution in [2.24, 2.45) is 11.8 Å². The smallest absolute Gasteiger partial charge is 0.726 e. The minimum atomic E-state index is -4.59. The Morgan fingerprint density at radius 2 is 0.290 bits per heavy atom. The predicted octanol–water partition coefficient (Wildman–Crippen LogP) is 28.7. The van der Waals surface area contributed by atoms with Gasteiger partial charge < -0.3 is 9.11 Å². The van der Waals surface area contributed by atoms with Gasteiger partial charge in [-0.25, -0.2) is 16.8 Å². The Balaban J connectivity index is -0.00000172. The van der Waals surface area contributed by atoms with E-state index in [1.54, 1.807) is 0 Å². The van der Waals surface area contributed by atoms with Crippen LogP contribution in [0, 0.1) is 11.8 Å². The number of hydrogen-bond acceptors (Lipinski definition) is 8. The Hall–Kier alpha value is 1.000. The van der Waals surface area contributed by atoms with Crippen molar-refractivity contribution >= 4 is 58.5 Å². The molecule has 8 nitrogen and oxygen atoms in total. The molecule has 0 aromatic heterocycles. The summed E-state index contributed by atoms with van der Waals surface area (Å²) in [7, 11) is -9.19. The van der Waals surface area contributed by atoms with Gasteiger partial charge in [-0.3, -0.25) is 8.37 Å². The summed E-state index contributed by atoms with van der Waals surface area (Å²) >= 11 is 0. The first-order chi connectivity index (χ1) is 45.0. The molecule has 93 heavy (non-hydrogen) atoms. The van der Waals surface area contributed by atoms with Crippen LogP contribution in [0.2, 0.25) is 0 Å². The number of unbranched alkanes of at least 4 members (excludes halogenated alkanes) is 66. The quantitative estimate of drug-likeness (QED) is 0.0254. The van der Waals surface area contributed by atoms with Crippen LogP contribution in [0.25, 0.3) is 0 Å². The fraction of sp³-hybridized carbons (Fsp3) is 1.00. The maximum absolute atomic E-state index is 11.0. The molecule has 0 radical (unpaired) electrons. The van der Waals surface area contributed by atoms with Crippen molar-refractivity contribution in [3.05, 3.63) is 0 Å². The second-order valence-corrected chi connectivity index (χ2v) is 31.7. The van der Waals surface area contributed by atoms with Gasteiger partial charge in [-0.15, -0.1) is 0 Å². The molecule has 2 atom stereocenters. The molecular formula is C82H166CaO8S2. The van der Waals surface area contributed by atoms with Crippen LogP contribution in [0.1, 0.15) is 503 Å². The van der Waals surface area contributed by atoms with Crippen LogP contribution in [0.5, 0.6) is 0 Å². The SMILES string of the molecule is CCCCCCCCCCCCCCCCCCCCC(CCCCCCCCCCCCCCCCCCC)COS(=O)(=O)[O-].CCCCCCCCCCCCCCCCCCCCC(CCCCCCCCCCCCCCCCCCC)COS(=O)(=O)[O-].[Ca+2]. The molecular weight excluding hydrogens is 1220 g/mol. The van der Waals surface area contributed by atoms with Gasteiger partial charge in [0.2, 0.25) is 20.8 Å². The molecule has 0 spiro atoms. The minimum absolute atomic E-state index is 0. The van der Waals surface area contributed by atoms with Crippen molar-refractivity contribution in [1.29, 1.82) is 0 Å². The van der Waals surface area contributed by atoms with E-state index in [4.69, 9.17) is 0 Å². The second-order valence-electron chi connectivity index (χ2n) is 29.6. The zero-order valence-electron chi connectivity index (χ0n) is 63.7. The molecule has 0 fully saturated rings. The summed E-state index contributed by atoms with van der Waals surface area (Å²) in [5.74, 6) is 0.391. The molecule has 2 unspecified atom stereocenters. The van der Waals surface area contributed by atoms with Crippen LogP contribution < -0.4 is 0 Å². The van der Waals surface area contributed by atoms with E-state index in [0.717, 1.165) is 51.4 Å². The van der Waals surface area contributed by atoms with Crippen LogP contribution in [0.3, 0.4) is 0 Å². The molecule has 11 heteroatoms. The number of hydrogen-bond donors (Lipinski definition) is 0. The molecule has 0 saturated heterocycles. The average molecular weight is 1380 g/mol. The summed E-state index contributed by atoms with van der Waals surface area (Å²) in [6.45, 7) is 9.29. The monoisotopic (exact) mass is 1380 g/mol. The van der Waals surface area contributed by atoms with Crippen molar-refractivity contribution in [3.8, 4) is 0 Å². The summed E-state index contributed by atoms with van der Waals surface area (Å²) in [6.07, 6.45) is 99.5. The topological polar surface area (TPSA) is 133 Å². The molecule has 0 heterocycles. The molecule has 0 aliphatic heterocycles. The molecule has 0 N–H and O–H groups in total. The van der Waals surface area contributed by atoms with E-state index in [0.29, 0.717) is 0 Å². The average Bonchev–Trinajstić information content (AvgIpc) is 3.74. The van der Waals surface area contributed by atoms with Crippen LogP contribution >= 0.6 is 0 Å². The molecule has 0 aromatic carbocycles. The predicted molar refractivity (Wildman–Crippen MR) is 408 cm³/mol. The van der Waals surface area contributed by atoms with Crippen molar-refractivity contribution in [3.63, 3.8) is 0 Å². The van der Waals surface area contributed by atoms with Gasteiger partial charge in [-0.1, -0.05) is 477 Å². The van der Waals surface area contributed by atoms with Crippen molar-refractivity contribution in [2.45, 2.75) is 503 Å². The van der Waals surface area contributed by atoms with E-state index < -0.39 is 20.8 Å². The van der Waals surface area contributed by atoms with Crippen molar-refractivity contribution in [1.82, 2.24) is 0 Å². The maximum atomic E-state index is 11.0. The van der Waals surface area contributed by atoms with Gasteiger partial charge in [-0.05, 0) is 37.5 Å². The van der Waals surface area contributed by atoms with Gasteiger partial charge in [0.15, 0.2) is 0 Å². The second kappa shape index (κ2) is 83.7. The Kier molecular flexibility index (Phi) is 88.3. The van der Waals surface area contributed by atoms with E-state index in [1.165, 1.54) is 424 Å². The van der Waals surface area contributed by atoms with Crippen LogP contribution in [0.15, 0.2) is 0 Å². The number of rotatable bonds is 80. The van der Waals surface area contributed by atoms with Crippen molar-refractivity contribution < 1.29 is 34.3 Å². The molecule has 0 aliphatic rings. The first-order valence-electron chi connectivity index (χ1n) is 42.2. The van der Waals surface area contributed by atoms with Crippen LogP contribution in [0.4, 0.5) is 0 Å². The first-order valence-corrected chi connectivity index (χ1v) is 44.9. The third kappa shape index (κ3) is 93.0. The third-order valence-electron chi connectivity index (χ3n) is 20.3. The summed E-state index contributed by atoms with van der Waals surface area (Å²) < 4.78 is 75.6. The summed E-state index contributed by atoms with van der Waals surface area (Å²) in [5, 5.41) is 0. The molecule has 0 aliphatic carbocycles. The summed E-state index contributed by atoms with van der Waals surface area (Å²) in [6, 6.07) is 0. The Morgan fingerprint density at radius 3 is 0.387 bits per heavy atom. The van der Waals surface area contributed by atoms with Gasteiger partial charge in [-0.2, -0.15) is 0 Å². The van der Waals surface area contributed by atoms with E-state index >= 15 is 0 Å². The standard InChI is InChI=1S/2C41H84O4S.Ca/c2*1-3-5-7-9-11-13-15-17-19-21-23-25-27-29-31-33-35-37-39-41(40-45-46(42,43)44)38-36-34-32-30-28-26-24-22-20-18-16-14-12-10-8-6-4-2;/h2*41H,3-40H2,1-2H3,(H,42,43,44);/q;;+2/p-2. The van der Waals surface area contributed by atoms with Gasteiger partial charge in [0.25, 0.3) is 0 Å². The summed E-state index contributed by atoms with van der Waals surface area (Å²) in [5.41, 5.74) is 0. The van der Waals surface area contributed by atoms with Gasteiger partial charge in [0.1, 0.15) is 0 Å². The molecule has 556 valence electrons. The van der Waals surface area contributed by atoms with E-state index in [1.807, 2.05) is 0 Å². The Bertz CT molecular complexity index is 1450.